The van der Waals surface area contributed by atoms with Crippen LogP contribution in [-0.4, -0.2) is 9.97 Å². The van der Waals surface area contributed by atoms with E-state index in [-0.39, 0.29) is 10.8 Å². The first-order valence-electron chi connectivity index (χ1n) is 13.3. The first kappa shape index (κ1) is 25.6. The van der Waals surface area contributed by atoms with E-state index in [0.717, 1.165) is 33.9 Å². The predicted octanol–water partition coefficient (Wildman–Crippen LogP) is 9.74. The number of hydrogen-bond acceptors (Lipinski definition) is 2. The van der Waals surface area contributed by atoms with Crippen LogP contribution in [0.5, 0.6) is 0 Å². The standard InChI is InChI=1S/C36H36N2/c1-35(2,3)30-21-29(22-31(23-30)36(4,5)6)27-18-13-19-28(20-27)34-37-32(25-14-9-7-10-15-25)24-33(38-34)26-16-11-8-12-17-26/h7-24H,1-6H3. The molecule has 5 rings (SSSR count). The molecule has 0 amide bonds. The quantitative estimate of drug-likeness (QED) is 0.247. The van der Waals surface area contributed by atoms with Crippen LogP contribution in [0, 0.1) is 0 Å². The first-order valence-corrected chi connectivity index (χ1v) is 13.3. The second-order valence-electron chi connectivity index (χ2n) is 12.1. The Balaban J connectivity index is 1.66. The highest BCUT2D eigenvalue weighted by atomic mass is 14.9. The molecular formula is C36H36N2. The van der Waals surface area contributed by atoms with E-state index < -0.39 is 0 Å². The molecule has 0 bridgehead atoms. The number of hydrogen-bond donors (Lipinski definition) is 0. The smallest absolute Gasteiger partial charge is 0.160 e. The van der Waals surface area contributed by atoms with Gasteiger partial charge in [-0.05, 0) is 45.2 Å². The molecule has 0 saturated heterocycles. The zero-order valence-electron chi connectivity index (χ0n) is 23.3. The average Bonchev–Trinajstić information content (AvgIpc) is 2.92. The lowest BCUT2D eigenvalue weighted by Gasteiger charge is -2.26. The van der Waals surface area contributed by atoms with Crippen molar-refractivity contribution in [3.63, 3.8) is 0 Å². The summed E-state index contributed by atoms with van der Waals surface area (Å²) < 4.78 is 0. The Kier molecular flexibility index (Phi) is 6.75. The molecule has 0 fully saturated rings. The minimum absolute atomic E-state index is 0.0608. The van der Waals surface area contributed by atoms with Gasteiger partial charge in [0.15, 0.2) is 5.82 Å². The Morgan fingerprint density at radius 2 is 0.842 bits per heavy atom. The van der Waals surface area contributed by atoms with Crippen LogP contribution < -0.4 is 0 Å². The molecule has 5 aromatic rings. The van der Waals surface area contributed by atoms with E-state index >= 15 is 0 Å². The van der Waals surface area contributed by atoms with E-state index in [0.29, 0.717) is 0 Å². The highest BCUT2D eigenvalue weighted by Gasteiger charge is 2.21. The Labute approximate surface area is 227 Å². The van der Waals surface area contributed by atoms with Crippen molar-refractivity contribution in [3.05, 3.63) is 120 Å². The summed E-state index contributed by atoms with van der Waals surface area (Å²) >= 11 is 0. The SMILES string of the molecule is CC(C)(C)c1cc(-c2cccc(-c3nc(-c4ccccc4)cc(-c4ccccc4)n3)c2)cc(C(C)(C)C)c1. The van der Waals surface area contributed by atoms with Gasteiger partial charge >= 0.3 is 0 Å². The third-order valence-corrected chi connectivity index (χ3v) is 6.98. The van der Waals surface area contributed by atoms with Gasteiger partial charge in [0.2, 0.25) is 0 Å². The third-order valence-electron chi connectivity index (χ3n) is 6.98. The Morgan fingerprint density at radius 3 is 1.32 bits per heavy atom. The normalized spacial score (nSPS) is 11.9. The van der Waals surface area contributed by atoms with Crippen molar-refractivity contribution in [2.45, 2.75) is 52.4 Å². The van der Waals surface area contributed by atoms with Crippen molar-refractivity contribution < 1.29 is 0 Å². The molecular weight excluding hydrogens is 460 g/mol. The van der Waals surface area contributed by atoms with E-state index in [9.17, 15) is 0 Å². The van der Waals surface area contributed by atoms with Crippen LogP contribution in [0.4, 0.5) is 0 Å². The van der Waals surface area contributed by atoms with E-state index in [1.165, 1.54) is 22.3 Å². The molecule has 0 saturated carbocycles. The summed E-state index contributed by atoms with van der Waals surface area (Å²) in [5, 5.41) is 0. The Morgan fingerprint density at radius 1 is 0.395 bits per heavy atom. The molecule has 4 aromatic carbocycles. The zero-order valence-corrected chi connectivity index (χ0v) is 23.3. The summed E-state index contributed by atoms with van der Waals surface area (Å²) in [4.78, 5) is 10.1. The fourth-order valence-electron chi connectivity index (χ4n) is 4.59. The van der Waals surface area contributed by atoms with Crippen LogP contribution in [0.3, 0.4) is 0 Å². The van der Waals surface area contributed by atoms with Gasteiger partial charge in [0.25, 0.3) is 0 Å². The van der Waals surface area contributed by atoms with Gasteiger partial charge in [0.05, 0.1) is 11.4 Å². The van der Waals surface area contributed by atoms with E-state index in [1.807, 2.05) is 12.1 Å². The van der Waals surface area contributed by atoms with E-state index in [4.69, 9.17) is 9.97 Å². The highest BCUT2D eigenvalue weighted by molar-refractivity contribution is 5.75. The molecule has 2 heteroatoms. The van der Waals surface area contributed by atoms with Crippen molar-refractivity contribution >= 4 is 0 Å². The minimum Gasteiger partial charge on any atom is -0.228 e. The summed E-state index contributed by atoms with van der Waals surface area (Å²) in [6.45, 7) is 13.7. The predicted molar refractivity (Wildman–Crippen MR) is 161 cm³/mol. The molecule has 2 nitrogen and oxygen atoms in total. The monoisotopic (exact) mass is 496 g/mol. The van der Waals surface area contributed by atoms with Crippen LogP contribution in [0.15, 0.2) is 109 Å². The number of nitrogens with zero attached hydrogens (tertiary/aromatic N) is 2. The number of rotatable bonds is 4. The van der Waals surface area contributed by atoms with E-state index in [2.05, 4.69) is 139 Å². The lowest BCUT2D eigenvalue weighted by Crippen LogP contribution is -2.16. The topological polar surface area (TPSA) is 25.8 Å². The van der Waals surface area contributed by atoms with Gasteiger partial charge in [0.1, 0.15) is 0 Å². The average molecular weight is 497 g/mol. The highest BCUT2D eigenvalue weighted by Crippen LogP contribution is 2.35. The zero-order chi connectivity index (χ0) is 26.9. The van der Waals surface area contributed by atoms with Crippen molar-refractivity contribution in [2.75, 3.05) is 0 Å². The van der Waals surface area contributed by atoms with Crippen LogP contribution in [-0.2, 0) is 10.8 Å². The minimum atomic E-state index is 0.0608. The summed E-state index contributed by atoms with van der Waals surface area (Å²) in [6, 6.07) is 38.4. The van der Waals surface area contributed by atoms with Crippen LogP contribution >= 0.6 is 0 Å². The van der Waals surface area contributed by atoms with Gasteiger partial charge < -0.3 is 0 Å². The van der Waals surface area contributed by atoms with Crippen LogP contribution in [0.1, 0.15) is 52.7 Å². The maximum atomic E-state index is 5.04. The van der Waals surface area contributed by atoms with Gasteiger partial charge in [-0.3, -0.25) is 0 Å². The molecule has 1 aromatic heterocycles. The van der Waals surface area contributed by atoms with Gasteiger partial charge in [-0.1, -0.05) is 139 Å². The lowest BCUT2D eigenvalue weighted by molar-refractivity contribution is 0.569. The molecule has 0 radical (unpaired) electrons. The number of aromatic nitrogens is 2. The fraction of sp³-hybridized carbons (Fsp3) is 0.222. The summed E-state index contributed by atoms with van der Waals surface area (Å²) in [5.74, 6) is 0.732. The molecule has 0 aliphatic rings. The van der Waals surface area contributed by atoms with Crippen molar-refractivity contribution in [2.24, 2.45) is 0 Å². The van der Waals surface area contributed by atoms with Crippen LogP contribution in [0.2, 0.25) is 0 Å². The molecule has 0 spiro atoms. The van der Waals surface area contributed by atoms with Crippen LogP contribution in [0.25, 0.3) is 45.0 Å². The Hall–Kier alpha value is -4.04. The number of benzene rings is 4. The Bertz CT molecular complexity index is 1460. The second kappa shape index (κ2) is 10.0. The molecule has 0 N–H and O–H groups in total. The second-order valence-corrected chi connectivity index (χ2v) is 12.1. The van der Waals surface area contributed by atoms with Gasteiger partial charge in [-0.2, -0.15) is 0 Å². The molecule has 190 valence electrons. The van der Waals surface area contributed by atoms with Crippen molar-refractivity contribution in [1.82, 2.24) is 9.97 Å². The van der Waals surface area contributed by atoms with E-state index in [1.54, 1.807) is 0 Å². The molecule has 0 atom stereocenters. The van der Waals surface area contributed by atoms with Crippen molar-refractivity contribution in [3.8, 4) is 45.0 Å². The summed E-state index contributed by atoms with van der Waals surface area (Å²) in [5.41, 5.74) is 10.2. The summed E-state index contributed by atoms with van der Waals surface area (Å²) in [7, 11) is 0. The van der Waals surface area contributed by atoms with Crippen molar-refractivity contribution in [1.29, 1.82) is 0 Å². The lowest BCUT2D eigenvalue weighted by atomic mass is 9.79. The van der Waals surface area contributed by atoms with Gasteiger partial charge in [-0.25, -0.2) is 9.97 Å². The van der Waals surface area contributed by atoms with Gasteiger partial charge in [-0.15, -0.1) is 0 Å². The van der Waals surface area contributed by atoms with Gasteiger partial charge in [0, 0.05) is 16.7 Å². The first-order chi connectivity index (χ1) is 18.1. The molecule has 0 aliphatic carbocycles. The molecule has 0 aliphatic heterocycles. The third kappa shape index (κ3) is 5.60. The largest absolute Gasteiger partial charge is 0.228 e. The molecule has 38 heavy (non-hydrogen) atoms. The maximum Gasteiger partial charge on any atom is 0.160 e. The summed E-state index contributed by atoms with van der Waals surface area (Å²) in [6.07, 6.45) is 0. The molecule has 1 heterocycles. The fourth-order valence-corrected chi connectivity index (χ4v) is 4.59. The maximum absolute atomic E-state index is 5.04. The molecule has 0 unspecified atom stereocenters.